The van der Waals surface area contributed by atoms with Crippen LogP contribution in [0.25, 0.3) is 0 Å². The number of rotatable bonds is 6. The molecule has 0 aliphatic rings. The molecule has 0 bridgehead atoms. The van der Waals surface area contributed by atoms with Crippen LogP contribution < -0.4 is 4.74 Å². The van der Waals surface area contributed by atoms with Gasteiger partial charge in [-0.25, -0.2) is 0 Å². The lowest BCUT2D eigenvalue weighted by Gasteiger charge is -2.14. The first-order valence-electron chi connectivity index (χ1n) is 5.34. The lowest BCUT2D eigenvalue weighted by atomic mass is 10.3. The Hall–Kier alpha value is -1.56. The van der Waals surface area contributed by atoms with Gasteiger partial charge in [0.25, 0.3) is 0 Å². The maximum Gasteiger partial charge on any atom is 0.323 e. The fourth-order valence-corrected chi connectivity index (χ4v) is 1.69. The van der Waals surface area contributed by atoms with Crippen molar-refractivity contribution >= 4 is 27.8 Å². The van der Waals surface area contributed by atoms with E-state index in [1.807, 2.05) is 18.2 Å². The normalized spacial score (nSPS) is 9.89. The van der Waals surface area contributed by atoms with Crippen LogP contribution in [0.1, 0.15) is 6.42 Å². The number of carbonyl (C=O) groups is 2. The first kappa shape index (κ1) is 14.5. The van der Waals surface area contributed by atoms with E-state index in [9.17, 15) is 9.59 Å². The highest BCUT2D eigenvalue weighted by molar-refractivity contribution is 9.10. The van der Waals surface area contributed by atoms with Crippen molar-refractivity contribution in [3.8, 4) is 5.75 Å². The Bertz CT molecular complexity index is 436. The minimum Gasteiger partial charge on any atom is -0.492 e. The largest absolute Gasteiger partial charge is 0.492 e. The lowest BCUT2D eigenvalue weighted by Crippen LogP contribution is -2.32. The summed E-state index contributed by atoms with van der Waals surface area (Å²) in [4.78, 5) is 23.1. The van der Waals surface area contributed by atoms with Gasteiger partial charge in [0.05, 0.1) is 17.5 Å². The topological polar surface area (TPSA) is 66.8 Å². The maximum absolute atomic E-state index is 11.5. The van der Waals surface area contributed by atoms with E-state index in [1.54, 1.807) is 6.07 Å². The third kappa shape index (κ3) is 4.75. The summed E-state index contributed by atoms with van der Waals surface area (Å²) in [6.45, 7) is -0.0841. The van der Waals surface area contributed by atoms with Crippen LogP contribution in [0, 0.1) is 0 Å². The number of ether oxygens (including phenoxy) is 1. The van der Waals surface area contributed by atoms with Crippen molar-refractivity contribution in [2.75, 3.05) is 20.2 Å². The summed E-state index contributed by atoms with van der Waals surface area (Å²) in [6.07, 6.45) is 0.144. The van der Waals surface area contributed by atoms with E-state index in [0.717, 1.165) is 9.37 Å². The van der Waals surface area contributed by atoms with Gasteiger partial charge in [0.2, 0.25) is 5.91 Å². The van der Waals surface area contributed by atoms with Crippen molar-refractivity contribution in [2.24, 2.45) is 0 Å². The van der Waals surface area contributed by atoms with Crippen molar-refractivity contribution in [3.05, 3.63) is 28.7 Å². The number of aliphatic carboxylic acids is 1. The minimum absolute atomic E-state index is 0.144. The molecule has 1 aromatic rings. The summed E-state index contributed by atoms with van der Waals surface area (Å²) in [5, 5.41) is 8.54. The van der Waals surface area contributed by atoms with Crippen molar-refractivity contribution in [1.82, 2.24) is 4.90 Å². The molecule has 0 fully saturated rings. The second-order valence-electron chi connectivity index (χ2n) is 3.67. The van der Waals surface area contributed by atoms with Crippen molar-refractivity contribution < 1.29 is 19.4 Å². The number of amides is 1. The van der Waals surface area contributed by atoms with E-state index in [-0.39, 0.29) is 25.5 Å². The second-order valence-corrected chi connectivity index (χ2v) is 4.53. The molecule has 0 radical (unpaired) electrons. The van der Waals surface area contributed by atoms with Crippen LogP contribution in [0.5, 0.6) is 5.75 Å². The van der Waals surface area contributed by atoms with Crippen LogP contribution >= 0.6 is 15.9 Å². The maximum atomic E-state index is 11.5. The first-order chi connectivity index (χ1) is 8.50. The Morgan fingerprint density at radius 2 is 2.06 bits per heavy atom. The van der Waals surface area contributed by atoms with Gasteiger partial charge in [-0.05, 0) is 28.1 Å². The van der Waals surface area contributed by atoms with Gasteiger partial charge in [0.1, 0.15) is 12.3 Å². The number of nitrogens with zero attached hydrogens (tertiary/aromatic N) is 1. The number of likely N-dealkylation sites (N-methyl/N-ethyl adjacent to an activating group) is 1. The molecular weight excluding hydrogens is 302 g/mol. The summed E-state index contributed by atoms with van der Waals surface area (Å²) >= 11 is 3.33. The van der Waals surface area contributed by atoms with E-state index in [4.69, 9.17) is 9.84 Å². The Morgan fingerprint density at radius 3 is 2.67 bits per heavy atom. The molecule has 0 saturated heterocycles. The van der Waals surface area contributed by atoms with Crippen LogP contribution in [-0.2, 0) is 9.59 Å². The predicted molar refractivity (Wildman–Crippen MR) is 69.5 cm³/mol. The number of carbonyl (C=O) groups excluding carboxylic acids is 1. The molecule has 0 unspecified atom stereocenters. The molecule has 0 aliphatic carbocycles. The monoisotopic (exact) mass is 315 g/mol. The van der Waals surface area contributed by atoms with Crippen molar-refractivity contribution in [1.29, 1.82) is 0 Å². The summed E-state index contributed by atoms with van der Waals surface area (Å²) in [6, 6.07) is 7.32. The average molecular weight is 316 g/mol. The fourth-order valence-electron chi connectivity index (χ4n) is 1.29. The molecular formula is C12H14BrNO4. The molecule has 1 rings (SSSR count). The zero-order valence-corrected chi connectivity index (χ0v) is 11.5. The molecule has 0 aliphatic heterocycles. The highest BCUT2D eigenvalue weighted by Gasteiger charge is 2.12. The predicted octanol–water partition coefficient (Wildman–Crippen LogP) is 1.76. The molecule has 0 spiro atoms. The lowest BCUT2D eigenvalue weighted by molar-refractivity contribution is -0.143. The number of halogens is 1. The SMILES string of the molecule is CN(CC(=O)O)C(=O)CCOc1ccccc1Br. The van der Waals surface area contributed by atoms with E-state index < -0.39 is 5.97 Å². The van der Waals surface area contributed by atoms with E-state index in [0.29, 0.717) is 5.75 Å². The summed E-state index contributed by atoms with van der Waals surface area (Å²) < 4.78 is 6.24. The summed E-state index contributed by atoms with van der Waals surface area (Å²) in [5.41, 5.74) is 0. The van der Waals surface area contributed by atoms with Gasteiger partial charge in [-0.2, -0.15) is 0 Å². The number of para-hydroxylation sites is 1. The standard InChI is InChI=1S/C12H14BrNO4/c1-14(8-12(16)17)11(15)6-7-18-10-5-3-2-4-9(10)13/h2-5H,6-8H2,1H3,(H,16,17). The van der Waals surface area contributed by atoms with E-state index in [1.165, 1.54) is 7.05 Å². The van der Waals surface area contributed by atoms with Gasteiger partial charge in [-0.15, -0.1) is 0 Å². The van der Waals surface area contributed by atoms with Crippen LogP contribution in [0.2, 0.25) is 0 Å². The molecule has 1 amide bonds. The van der Waals surface area contributed by atoms with Gasteiger partial charge in [-0.3, -0.25) is 9.59 Å². The number of hydrogen-bond donors (Lipinski definition) is 1. The molecule has 6 heteroatoms. The zero-order chi connectivity index (χ0) is 13.5. The molecule has 0 saturated carbocycles. The molecule has 98 valence electrons. The zero-order valence-electron chi connectivity index (χ0n) is 9.93. The molecule has 1 N–H and O–H groups in total. The Labute approximate surface area is 113 Å². The minimum atomic E-state index is -1.03. The molecule has 0 atom stereocenters. The van der Waals surface area contributed by atoms with Crippen LogP contribution in [0.4, 0.5) is 0 Å². The van der Waals surface area contributed by atoms with Gasteiger partial charge < -0.3 is 14.7 Å². The fraction of sp³-hybridized carbons (Fsp3) is 0.333. The first-order valence-corrected chi connectivity index (χ1v) is 6.13. The van der Waals surface area contributed by atoms with Gasteiger partial charge in [0.15, 0.2) is 0 Å². The Morgan fingerprint density at radius 1 is 1.39 bits per heavy atom. The number of hydrogen-bond acceptors (Lipinski definition) is 3. The quantitative estimate of drug-likeness (QED) is 0.868. The van der Waals surface area contributed by atoms with E-state index >= 15 is 0 Å². The van der Waals surface area contributed by atoms with Crippen molar-refractivity contribution in [3.63, 3.8) is 0 Å². The van der Waals surface area contributed by atoms with Gasteiger partial charge in [0, 0.05) is 7.05 Å². The summed E-state index contributed by atoms with van der Waals surface area (Å²) in [5.74, 6) is -0.631. The Balaban J connectivity index is 2.36. The molecule has 18 heavy (non-hydrogen) atoms. The molecule has 0 aromatic heterocycles. The number of benzene rings is 1. The van der Waals surface area contributed by atoms with E-state index in [2.05, 4.69) is 15.9 Å². The molecule has 5 nitrogen and oxygen atoms in total. The average Bonchev–Trinajstić information content (AvgIpc) is 2.30. The van der Waals surface area contributed by atoms with Crippen LogP contribution in [-0.4, -0.2) is 42.1 Å². The molecule has 1 aromatic carbocycles. The smallest absolute Gasteiger partial charge is 0.323 e. The number of carboxylic acids is 1. The van der Waals surface area contributed by atoms with Crippen molar-refractivity contribution in [2.45, 2.75) is 6.42 Å². The number of carboxylic acid groups (broad SMARTS) is 1. The summed E-state index contributed by atoms with van der Waals surface area (Å²) in [7, 11) is 1.45. The molecule has 0 heterocycles. The van der Waals surface area contributed by atoms with Gasteiger partial charge in [-0.1, -0.05) is 12.1 Å². The third-order valence-corrected chi connectivity index (χ3v) is 2.86. The second kappa shape index (κ2) is 7.00. The third-order valence-electron chi connectivity index (χ3n) is 2.21. The van der Waals surface area contributed by atoms with Crippen LogP contribution in [0.15, 0.2) is 28.7 Å². The Kier molecular flexibility index (Phi) is 5.64. The highest BCUT2D eigenvalue weighted by atomic mass is 79.9. The highest BCUT2D eigenvalue weighted by Crippen LogP contribution is 2.23. The van der Waals surface area contributed by atoms with Gasteiger partial charge >= 0.3 is 5.97 Å². The van der Waals surface area contributed by atoms with Crippen LogP contribution in [0.3, 0.4) is 0 Å².